The Hall–Kier alpha value is -2.71. The molecule has 1 aromatic heterocycles. The molecule has 11 heteroatoms. The highest BCUT2D eigenvalue weighted by Gasteiger charge is 2.19. The number of nitrogens with one attached hydrogen (secondary N) is 2. The highest BCUT2D eigenvalue weighted by atomic mass is 35.5. The number of hydrogen-bond donors (Lipinski definition) is 2. The number of nitrogens with zero attached hydrogens (tertiary/aromatic N) is 1. The molecule has 0 unspecified atom stereocenters. The Balaban J connectivity index is 1.59. The number of carbonyl (C=O) groups excluding carboxylic acids is 2. The molecular weight excluding hydrogens is 524 g/mol. The van der Waals surface area contributed by atoms with Crippen LogP contribution in [-0.4, -0.2) is 29.0 Å². The third-order valence-corrected chi connectivity index (χ3v) is 5.45. The Bertz CT molecular complexity index is 1120. The average molecular weight is 543 g/mol. The molecule has 3 aromatic rings. The summed E-state index contributed by atoms with van der Waals surface area (Å²) in [6.45, 7) is 3.12. The summed E-state index contributed by atoms with van der Waals surface area (Å²) in [7, 11) is 0. The lowest BCUT2D eigenvalue weighted by molar-refractivity contribution is -0.122. The second kappa shape index (κ2) is 11.6. The van der Waals surface area contributed by atoms with Crippen LogP contribution in [0.3, 0.4) is 0 Å². The average Bonchev–Trinajstić information content (AvgIpc) is 2.77. The van der Waals surface area contributed by atoms with E-state index in [1.165, 1.54) is 12.1 Å². The number of halogens is 4. The molecule has 2 N–H and O–H groups in total. The number of amides is 2. The standard InChI is InChI=1S/C23H19Cl4N3O4/c1-12(33-18-8-6-14(24)10-16(18)26)22(31)29-20-4-3-5-21(28-20)30-23(32)13(2)34-19-9-7-15(25)11-17(19)27/h3-13H,1-2H3,(H2,28,29,30,31,32)/t12-,13-/m1/s1. The molecule has 2 amide bonds. The maximum Gasteiger partial charge on any atom is 0.266 e. The number of rotatable bonds is 8. The fraction of sp³-hybridized carbons (Fsp3) is 0.174. The SMILES string of the molecule is C[C@@H](Oc1ccc(Cl)cc1Cl)C(=O)Nc1cccc(NC(=O)[C@@H](C)Oc2ccc(Cl)cc2Cl)n1. The fourth-order valence-corrected chi connectivity index (χ4v) is 3.57. The molecule has 0 aliphatic heterocycles. The van der Waals surface area contributed by atoms with Gasteiger partial charge in [-0.25, -0.2) is 4.98 Å². The Morgan fingerprint density at radius 2 is 1.15 bits per heavy atom. The molecule has 0 fully saturated rings. The molecule has 0 bridgehead atoms. The van der Waals surface area contributed by atoms with Crippen molar-refractivity contribution in [2.75, 3.05) is 10.6 Å². The lowest BCUT2D eigenvalue weighted by atomic mass is 10.3. The molecule has 1 heterocycles. The summed E-state index contributed by atoms with van der Waals surface area (Å²) in [5.74, 6) is 0.145. The number of pyridine rings is 1. The number of benzene rings is 2. The van der Waals surface area contributed by atoms with Gasteiger partial charge in [-0.3, -0.25) is 9.59 Å². The highest BCUT2D eigenvalue weighted by molar-refractivity contribution is 6.36. The van der Waals surface area contributed by atoms with Crippen LogP contribution < -0.4 is 20.1 Å². The van der Waals surface area contributed by atoms with E-state index < -0.39 is 24.0 Å². The van der Waals surface area contributed by atoms with Crippen LogP contribution in [0.2, 0.25) is 20.1 Å². The third kappa shape index (κ3) is 7.14. The van der Waals surface area contributed by atoms with Gasteiger partial charge >= 0.3 is 0 Å². The van der Waals surface area contributed by atoms with Gasteiger partial charge in [-0.1, -0.05) is 52.5 Å². The predicted octanol–water partition coefficient (Wildman–Crippen LogP) is 6.51. The number of hydrogen-bond acceptors (Lipinski definition) is 5. The molecule has 2 atom stereocenters. The lowest BCUT2D eigenvalue weighted by Crippen LogP contribution is -2.31. The summed E-state index contributed by atoms with van der Waals surface area (Å²) in [5.41, 5.74) is 0. The van der Waals surface area contributed by atoms with Crippen LogP contribution in [0.1, 0.15) is 13.8 Å². The van der Waals surface area contributed by atoms with Crippen molar-refractivity contribution in [1.82, 2.24) is 4.98 Å². The monoisotopic (exact) mass is 541 g/mol. The minimum Gasteiger partial charge on any atom is -0.479 e. The van der Waals surface area contributed by atoms with E-state index >= 15 is 0 Å². The first-order valence-electron chi connectivity index (χ1n) is 9.94. The summed E-state index contributed by atoms with van der Waals surface area (Å²) in [6.07, 6.45) is -1.76. The zero-order valence-electron chi connectivity index (χ0n) is 17.9. The molecule has 0 aliphatic rings. The summed E-state index contributed by atoms with van der Waals surface area (Å²) in [6, 6.07) is 14.2. The van der Waals surface area contributed by atoms with E-state index in [4.69, 9.17) is 55.9 Å². The molecule has 7 nitrogen and oxygen atoms in total. The summed E-state index contributed by atoms with van der Waals surface area (Å²) in [4.78, 5) is 29.3. The van der Waals surface area contributed by atoms with Gasteiger partial charge in [0.15, 0.2) is 12.2 Å². The van der Waals surface area contributed by atoms with Crippen LogP contribution in [0.5, 0.6) is 11.5 Å². The number of anilines is 2. The van der Waals surface area contributed by atoms with Crippen LogP contribution in [0.25, 0.3) is 0 Å². The van der Waals surface area contributed by atoms with Crippen molar-refractivity contribution in [2.24, 2.45) is 0 Å². The first-order valence-corrected chi connectivity index (χ1v) is 11.5. The van der Waals surface area contributed by atoms with E-state index in [0.29, 0.717) is 21.5 Å². The van der Waals surface area contributed by atoms with Crippen molar-refractivity contribution in [2.45, 2.75) is 26.1 Å². The van der Waals surface area contributed by atoms with Gasteiger partial charge in [0.2, 0.25) is 0 Å². The molecular formula is C23H19Cl4N3O4. The van der Waals surface area contributed by atoms with Crippen molar-refractivity contribution in [1.29, 1.82) is 0 Å². The quantitative estimate of drug-likeness (QED) is 0.339. The van der Waals surface area contributed by atoms with Crippen LogP contribution >= 0.6 is 46.4 Å². The van der Waals surface area contributed by atoms with Gasteiger partial charge in [0, 0.05) is 10.0 Å². The smallest absolute Gasteiger partial charge is 0.266 e. The van der Waals surface area contributed by atoms with Crippen LogP contribution in [0, 0.1) is 0 Å². The van der Waals surface area contributed by atoms with Gasteiger partial charge in [-0.2, -0.15) is 0 Å². The van der Waals surface area contributed by atoms with Crippen LogP contribution in [-0.2, 0) is 9.59 Å². The third-order valence-electron chi connectivity index (χ3n) is 4.39. The van der Waals surface area contributed by atoms with E-state index in [1.54, 1.807) is 56.3 Å². The van der Waals surface area contributed by atoms with Gasteiger partial charge in [0.05, 0.1) is 10.0 Å². The van der Waals surface area contributed by atoms with Crippen molar-refractivity contribution in [3.8, 4) is 11.5 Å². The largest absolute Gasteiger partial charge is 0.479 e. The first kappa shape index (κ1) is 25.9. The maximum atomic E-state index is 12.5. The molecule has 0 saturated heterocycles. The van der Waals surface area contributed by atoms with Crippen molar-refractivity contribution in [3.63, 3.8) is 0 Å². The Morgan fingerprint density at radius 3 is 1.53 bits per heavy atom. The fourth-order valence-electron chi connectivity index (χ4n) is 2.66. The summed E-state index contributed by atoms with van der Waals surface area (Å²) in [5, 5.41) is 6.73. The molecule has 0 spiro atoms. The summed E-state index contributed by atoms with van der Waals surface area (Å²) < 4.78 is 11.2. The summed E-state index contributed by atoms with van der Waals surface area (Å²) >= 11 is 23.9. The number of aromatic nitrogens is 1. The van der Waals surface area contributed by atoms with E-state index in [1.807, 2.05) is 0 Å². The number of ether oxygens (including phenoxy) is 2. The van der Waals surface area contributed by atoms with Crippen LogP contribution in [0.4, 0.5) is 11.6 Å². The van der Waals surface area contributed by atoms with E-state index in [2.05, 4.69) is 15.6 Å². The minimum absolute atomic E-state index is 0.217. The van der Waals surface area contributed by atoms with Gasteiger partial charge in [0.25, 0.3) is 11.8 Å². The Kier molecular flexibility index (Phi) is 8.85. The van der Waals surface area contributed by atoms with E-state index in [9.17, 15) is 9.59 Å². The Morgan fingerprint density at radius 1 is 0.735 bits per heavy atom. The zero-order chi connectivity index (χ0) is 24.8. The van der Waals surface area contributed by atoms with Crippen molar-refractivity contribution in [3.05, 3.63) is 74.7 Å². The Labute approximate surface area is 216 Å². The molecule has 2 aromatic carbocycles. The van der Waals surface area contributed by atoms with Crippen LogP contribution in [0.15, 0.2) is 54.6 Å². The molecule has 0 aliphatic carbocycles. The molecule has 0 saturated carbocycles. The van der Waals surface area contributed by atoms with E-state index in [0.717, 1.165) is 0 Å². The molecule has 0 radical (unpaired) electrons. The van der Waals surface area contributed by atoms with Gasteiger partial charge < -0.3 is 20.1 Å². The normalized spacial score (nSPS) is 12.4. The van der Waals surface area contributed by atoms with Gasteiger partial charge in [0.1, 0.15) is 23.1 Å². The van der Waals surface area contributed by atoms with E-state index in [-0.39, 0.29) is 21.7 Å². The molecule has 3 rings (SSSR count). The second-order valence-corrected chi connectivity index (χ2v) is 8.74. The van der Waals surface area contributed by atoms with Gasteiger partial charge in [-0.05, 0) is 62.4 Å². The van der Waals surface area contributed by atoms with Gasteiger partial charge in [-0.15, -0.1) is 0 Å². The zero-order valence-corrected chi connectivity index (χ0v) is 21.0. The highest BCUT2D eigenvalue weighted by Crippen LogP contribution is 2.29. The second-order valence-electron chi connectivity index (χ2n) is 7.06. The van der Waals surface area contributed by atoms with Crippen molar-refractivity contribution >= 4 is 69.9 Å². The van der Waals surface area contributed by atoms with Crippen molar-refractivity contribution < 1.29 is 19.1 Å². The molecule has 34 heavy (non-hydrogen) atoms. The maximum absolute atomic E-state index is 12.5. The predicted molar refractivity (Wildman–Crippen MR) is 135 cm³/mol. The minimum atomic E-state index is -0.878. The topological polar surface area (TPSA) is 89.6 Å². The first-order chi connectivity index (χ1) is 16.1. The number of carbonyl (C=O) groups is 2. The lowest BCUT2D eigenvalue weighted by Gasteiger charge is -2.17. The molecule has 178 valence electrons.